The number of alkyl halides is 1. The van der Waals surface area contributed by atoms with E-state index in [1.54, 1.807) is 13.2 Å². The molecular formula is C23H28FN3O. The number of para-hydroxylation sites is 1. The third kappa shape index (κ3) is 2.62. The molecule has 148 valence electrons. The first-order valence-corrected chi connectivity index (χ1v) is 10.4. The summed E-state index contributed by atoms with van der Waals surface area (Å²) in [6.07, 6.45) is 6.69. The van der Waals surface area contributed by atoms with Crippen LogP contribution < -0.4 is 10.6 Å². The van der Waals surface area contributed by atoms with Gasteiger partial charge in [0.25, 0.3) is 0 Å². The highest BCUT2D eigenvalue weighted by atomic mass is 19.1. The van der Waals surface area contributed by atoms with Gasteiger partial charge in [-0.2, -0.15) is 0 Å². The van der Waals surface area contributed by atoms with Crippen molar-refractivity contribution in [3.05, 3.63) is 41.6 Å². The topological polar surface area (TPSA) is 58.7 Å². The van der Waals surface area contributed by atoms with E-state index in [1.807, 2.05) is 23.1 Å². The van der Waals surface area contributed by atoms with E-state index in [-0.39, 0.29) is 5.91 Å². The fourth-order valence-electron chi connectivity index (χ4n) is 6.80. The molecule has 6 rings (SSSR count). The number of carbonyl (C=O) groups excluding carboxylic acids is 1. The molecule has 4 bridgehead atoms. The molecule has 1 heterocycles. The molecule has 0 spiro atoms. The number of hydrogen-bond donors (Lipinski definition) is 1. The number of anilines is 1. The van der Waals surface area contributed by atoms with Crippen molar-refractivity contribution < 1.29 is 9.18 Å². The minimum atomic E-state index is -1.15. The van der Waals surface area contributed by atoms with Crippen molar-refractivity contribution in [2.75, 3.05) is 18.5 Å². The van der Waals surface area contributed by atoms with E-state index in [0.29, 0.717) is 44.1 Å². The van der Waals surface area contributed by atoms with Crippen LogP contribution in [0.4, 0.5) is 10.1 Å². The molecular weight excluding hydrogens is 353 g/mol. The molecule has 0 aromatic heterocycles. The molecule has 5 aliphatic rings. The number of carbonyl (C=O) groups is 1. The van der Waals surface area contributed by atoms with E-state index < -0.39 is 11.1 Å². The van der Waals surface area contributed by atoms with Gasteiger partial charge in [-0.05, 0) is 62.0 Å². The van der Waals surface area contributed by atoms with Crippen LogP contribution in [-0.2, 0) is 11.2 Å². The number of aliphatic imine (C=N–C) groups is 1. The highest BCUT2D eigenvalue weighted by Crippen LogP contribution is 2.63. The zero-order valence-corrected chi connectivity index (χ0v) is 16.5. The van der Waals surface area contributed by atoms with Crippen molar-refractivity contribution in [3.63, 3.8) is 0 Å². The number of hydrogen-bond acceptors (Lipinski definition) is 3. The number of benzene rings is 1. The minimum absolute atomic E-state index is 0.0905. The van der Waals surface area contributed by atoms with E-state index in [9.17, 15) is 4.79 Å². The van der Waals surface area contributed by atoms with Crippen molar-refractivity contribution in [1.29, 1.82) is 0 Å². The van der Waals surface area contributed by atoms with Gasteiger partial charge in [-0.25, -0.2) is 4.39 Å². The lowest BCUT2D eigenvalue weighted by molar-refractivity contribution is -0.158. The molecule has 2 atom stereocenters. The monoisotopic (exact) mass is 381 g/mol. The Morgan fingerprint density at radius 3 is 2.61 bits per heavy atom. The predicted octanol–water partition coefficient (Wildman–Crippen LogP) is 3.80. The van der Waals surface area contributed by atoms with Gasteiger partial charge in [-0.3, -0.25) is 9.79 Å². The van der Waals surface area contributed by atoms with Crippen LogP contribution in [0, 0.1) is 17.3 Å². The Hall–Kier alpha value is -2.17. The first-order valence-electron chi connectivity index (χ1n) is 10.4. The molecule has 1 aromatic carbocycles. The molecule has 4 nitrogen and oxygen atoms in total. The summed E-state index contributed by atoms with van der Waals surface area (Å²) < 4.78 is 15.5. The van der Waals surface area contributed by atoms with E-state index in [4.69, 9.17) is 5.73 Å². The largest absolute Gasteiger partial charge is 0.404 e. The smallest absolute Gasteiger partial charge is 0.233 e. The Labute approximate surface area is 165 Å². The van der Waals surface area contributed by atoms with Gasteiger partial charge in [0.05, 0.1) is 12.0 Å². The summed E-state index contributed by atoms with van der Waals surface area (Å²) in [7, 11) is 1.77. The van der Waals surface area contributed by atoms with E-state index in [1.165, 1.54) is 0 Å². The number of halogens is 1. The van der Waals surface area contributed by atoms with Gasteiger partial charge in [0.1, 0.15) is 5.67 Å². The molecule has 1 aromatic rings. The minimum Gasteiger partial charge on any atom is -0.404 e. The lowest BCUT2D eigenvalue weighted by atomic mass is 9.48. The molecule has 4 saturated carbocycles. The summed E-state index contributed by atoms with van der Waals surface area (Å²) in [5, 5.41) is 0. The maximum atomic E-state index is 15.5. The second-order valence-electron chi connectivity index (χ2n) is 9.45. The standard InChI is InChI=1S/C23H28FN3O/c1-26-19-7-17-4-2-3-5-20(17)27(13-18(19)12-25)21(28)22-8-15-6-16(9-22)11-23(24,10-15)14-22/h2-5,12,15-16H,6-11,13-14,25H2,1H3. The van der Waals surface area contributed by atoms with Crippen molar-refractivity contribution in [3.8, 4) is 0 Å². The van der Waals surface area contributed by atoms with Crippen molar-refractivity contribution in [2.45, 2.75) is 50.6 Å². The normalized spacial score (nSPS) is 39.3. The highest BCUT2D eigenvalue weighted by Gasteiger charge is 2.62. The third-order valence-corrected chi connectivity index (χ3v) is 7.50. The van der Waals surface area contributed by atoms with Gasteiger partial charge in [0.2, 0.25) is 5.91 Å². The summed E-state index contributed by atoms with van der Waals surface area (Å²) in [5.41, 5.74) is 8.02. The zero-order chi connectivity index (χ0) is 19.5. The van der Waals surface area contributed by atoms with Gasteiger partial charge < -0.3 is 10.6 Å². The van der Waals surface area contributed by atoms with Crippen LogP contribution in [0.5, 0.6) is 0 Å². The predicted molar refractivity (Wildman–Crippen MR) is 109 cm³/mol. The molecule has 1 amide bonds. The zero-order valence-electron chi connectivity index (χ0n) is 16.5. The summed E-state index contributed by atoms with van der Waals surface area (Å²) >= 11 is 0. The molecule has 5 heteroatoms. The fourth-order valence-corrected chi connectivity index (χ4v) is 6.80. The van der Waals surface area contributed by atoms with Gasteiger partial charge in [-0.15, -0.1) is 0 Å². The number of rotatable bonds is 1. The van der Waals surface area contributed by atoms with Crippen LogP contribution in [-0.4, -0.2) is 30.9 Å². The summed E-state index contributed by atoms with van der Waals surface area (Å²) in [5.74, 6) is 0.803. The maximum absolute atomic E-state index is 15.5. The molecule has 2 unspecified atom stereocenters. The van der Waals surface area contributed by atoms with E-state index in [0.717, 1.165) is 41.8 Å². The number of nitrogens with zero attached hydrogens (tertiary/aromatic N) is 2. The summed E-state index contributed by atoms with van der Waals surface area (Å²) in [4.78, 5) is 20.3. The van der Waals surface area contributed by atoms with Gasteiger partial charge >= 0.3 is 0 Å². The first-order chi connectivity index (χ1) is 13.5. The Morgan fingerprint density at radius 1 is 1.25 bits per heavy atom. The second kappa shape index (κ2) is 6.16. The molecule has 4 fully saturated rings. The third-order valence-electron chi connectivity index (χ3n) is 7.50. The molecule has 28 heavy (non-hydrogen) atoms. The maximum Gasteiger partial charge on any atom is 0.233 e. The molecule has 1 aliphatic heterocycles. The van der Waals surface area contributed by atoms with Crippen LogP contribution in [0.25, 0.3) is 0 Å². The van der Waals surface area contributed by atoms with Crippen LogP contribution in [0.2, 0.25) is 0 Å². The Kier molecular flexibility index (Phi) is 3.94. The van der Waals surface area contributed by atoms with E-state index in [2.05, 4.69) is 11.1 Å². The summed E-state index contributed by atoms with van der Waals surface area (Å²) in [6, 6.07) is 8.02. The van der Waals surface area contributed by atoms with Crippen LogP contribution in [0.15, 0.2) is 41.0 Å². The highest BCUT2D eigenvalue weighted by molar-refractivity contribution is 6.08. The number of fused-ring (bicyclic) bond motifs is 1. The second-order valence-corrected chi connectivity index (χ2v) is 9.45. The lowest BCUT2D eigenvalue weighted by Crippen LogP contribution is -2.59. The average molecular weight is 381 g/mol. The fraction of sp³-hybridized carbons (Fsp3) is 0.565. The Morgan fingerprint density at radius 2 is 1.96 bits per heavy atom. The van der Waals surface area contributed by atoms with Crippen LogP contribution in [0.3, 0.4) is 0 Å². The quantitative estimate of drug-likeness (QED) is 0.804. The van der Waals surface area contributed by atoms with Gasteiger partial charge in [0.15, 0.2) is 0 Å². The van der Waals surface area contributed by atoms with Crippen molar-refractivity contribution >= 4 is 17.3 Å². The SMILES string of the molecule is CN=C1Cc2ccccc2N(C(=O)C23CC4CC(CC(F)(C4)C2)C3)CC1=CN. The molecule has 4 aliphatic carbocycles. The summed E-state index contributed by atoms with van der Waals surface area (Å²) in [6.45, 7) is 0.412. The first kappa shape index (κ1) is 17.9. The van der Waals surface area contributed by atoms with Gasteiger partial charge in [0, 0.05) is 36.6 Å². The van der Waals surface area contributed by atoms with Crippen LogP contribution >= 0.6 is 0 Å². The van der Waals surface area contributed by atoms with Crippen molar-refractivity contribution in [2.24, 2.45) is 28.0 Å². The number of amides is 1. The lowest BCUT2D eigenvalue weighted by Gasteiger charge is -2.58. The van der Waals surface area contributed by atoms with E-state index >= 15 is 4.39 Å². The number of nitrogens with two attached hydrogens (primary N) is 1. The van der Waals surface area contributed by atoms with Gasteiger partial charge in [-0.1, -0.05) is 18.2 Å². The molecule has 0 radical (unpaired) electrons. The van der Waals surface area contributed by atoms with Crippen LogP contribution in [0.1, 0.15) is 44.1 Å². The van der Waals surface area contributed by atoms with Crippen molar-refractivity contribution in [1.82, 2.24) is 0 Å². The Bertz CT molecular complexity index is 876. The molecule has 2 N–H and O–H groups in total. The Balaban J connectivity index is 1.57. The average Bonchev–Trinajstić information content (AvgIpc) is 2.81. The molecule has 0 saturated heterocycles.